The molecule has 1 saturated heterocycles. The zero-order valence-corrected chi connectivity index (χ0v) is 7.90. The molecular weight excluding hydrogens is 166 g/mol. The van der Waals surface area contributed by atoms with Crippen molar-refractivity contribution in [3.8, 4) is 0 Å². The lowest BCUT2D eigenvalue weighted by molar-refractivity contribution is 0.228. The molecule has 13 heavy (non-hydrogen) atoms. The molecule has 0 bridgehead atoms. The van der Waals surface area contributed by atoms with Gasteiger partial charge in [0.2, 0.25) is 0 Å². The lowest BCUT2D eigenvalue weighted by Gasteiger charge is -2.17. The molecular formula is C10H15NO2. The Morgan fingerprint density at radius 3 is 3.00 bits per heavy atom. The molecule has 72 valence electrons. The second-order valence-corrected chi connectivity index (χ2v) is 3.36. The highest BCUT2D eigenvalue weighted by Gasteiger charge is 2.24. The molecule has 0 aliphatic carbocycles. The predicted octanol–water partition coefficient (Wildman–Crippen LogP) is 1.50. The van der Waals surface area contributed by atoms with Crippen molar-refractivity contribution in [2.24, 2.45) is 0 Å². The molecule has 0 saturated carbocycles. The van der Waals surface area contributed by atoms with Crippen molar-refractivity contribution in [3.05, 3.63) is 24.2 Å². The van der Waals surface area contributed by atoms with Crippen LogP contribution in [-0.4, -0.2) is 30.7 Å². The van der Waals surface area contributed by atoms with Crippen molar-refractivity contribution in [1.29, 1.82) is 0 Å². The van der Waals surface area contributed by atoms with Crippen LogP contribution in [0.4, 0.5) is 0 Å². The van der Waals surface area contributed by atoms with E-state index in [0.717, 1.165) is 32.0 Å². The smallest absolute Gasteiger partial charge is 0.117 e. The van der Waals surface area contributed by atoms with Crippen LogP contribution in [0.5, 0.6) is 0 Å². The van der Waals surface area contributed by atoms with Crippen LogP contribution in [0.25, 0.3) is 0 Å². The lowest BCUT2D eigenvalue weighted by atomic mass is 10.3. The third kappa shape index (κ3) is 2.57. The minimum absolute atomic E-state index is 0.468. The Hall–Kier alpha value is -0.800. The van der Waals surface area contributed by atoms with Crippen LogP contribution in [-0.2, 0) is 11.3 Å². The van der Waals surface area contributed by atoms with Crippen molar-refractivity contribution in [1.82, 2.24) is 4.90 Å². The number of furan rings is 1. The highest BCUT2D eigenvalue weighted by atomic mass is 16.6. The molecule has 3 heteroatoms. The Morgan fingerprint density at radius 1 is 1.62 bits per heavy atom. The van der Waals surface area contributed by atoms with Crippen LogP contribution in [0.2, 0.25) is 0 Å². The van der Waals surface area contributed by atoms with Gasteiger partial charge in [-0.25, -0.2) is 0 Å². The monoisotopic (exact) mass is 181 g/mol. The third-order valence-corrected chi connectivity index (χ3v) is 2.27. The molecule has 1 aromatic rings. The standard InChI is InChI=1S/C10H15NO2/c1-2-11(7-10-8-13-10)6-9-4-3-5-12-9/h3-5,10H,2,6-8H2,1H3. The molecule has 0 amide bonds. The van der Waals surface area contributed by atoms with Crippen molar-refractivity contribution < 1.29 is 9.15 Å². The summed E-state index contributed by atoms with van der Waals surface area (Å²) in [6.45, 7) is 6.04. The summed E-state index contributed by atoms with van der Waals surface area (Å²) in [4.78, 5) is 2.33. The number of hydrogen-bond donors (Lipinski definition) is 0. The average Bonchev–Trinajstić information content (AvgIpc) is 2.80. The number of nitrogens with zero attached hydrogens (tertiary/aromatic N) is 1. The van der Waals surface area contributed by atoms with Gasteiger partial charge in [0, 0.05) is 6.54 Å². The molecule has 0 radical (unpaired) electrons. The fourth-order valence-electron chi connectivity index (χ4n) is 1.39. The molecule has 3 nitrogen and oxygen atoms in total. The highest BCUT2D eigenvalue weighted by Crippen LogP contribution is 2.13. The topological polar surface area (TPSA) is 28.9 Å². The lowest BCUT2D eigenvalue weighted by Crippen LogP contribution is -2.26. The van der Waals surface area contributed by atoms with Crippen molar-refractivity contribution in [2.75, 3.05) is 19.7 Å². The van der Waals surface area contributed by atoms with Crippen molar-refractivity contribution >= 4 is 0 Å². The molecule has 1 aliphatic rings. The Labute approximate surface area is 78.3 Å². The summed E-state index contributed by atoms with van der Waals surface area (Å²) in [6, 6.07) is 3.94. The van der Waals surface area contributed by atoms with Gasteiger partial charge < -0.3 is 9.15 Å². The van der Waals surface area contributed by atoms with Gasteiger partial charge in [0.25, 0.3) is 0 Å². The van der Waals surface area contributed by atoms with E-state index in [4.69, 9.17) is 9.15 Å². The van der Waals surface area contributed by atoms with Crippen molar-refractivity contribution in [3.63, 3.8) is 0 Å². The number of rotatable bonds is 5. The zero-order chi connectivity index (χ0) is 9.10. The molecule has 0 aromatic carbocycles. The second-order valence-electron chi connectivity index (χ2n) is 3.36. The minimum atomic E-state index is 0.468. The van der Waals surface area contributed by atoms with E-state index in [2.05, 4.69) is 11.8 Å². The zero-order valence-electron chi connectivity index (χ0n) is 7.90. The van der Waals surface area contributed by atoms with Gasteiger partial charge in [-0.2, -0.15) is 0 Å². The highest BCUT2D eigenvalue weighted by molar-refractivity contribution is 4.98. The number of ether oxygens (including phenoxy) is 1. The molecule has 1 atom stereocenters. The molecule has 0 N–H and O–H groups in total. The van der Waals surface area contributed by atoms with E-state index in [1.165, 1.54) is 0 Å². The van der Waals surface area contributed by atoms with E-state index in [0.29, 0.717) is 6.10 Å². The van der Waals surface area contributed by atoms with E-state index in [9.17, 15) is 0 Å². The van der Waals surface area contributed by atoms with Gasteiger partial charge in [-0.05, 0) is 18.7 Å². The Balaban J connectivity index is 1.82. The third-order valence-electron chi connectivity index (χ3n) is 2.27. The van der Waals surface area contributed by atoms with Crippen LogP contribution in [0.15, 0.2) is 22.8 Å². The summed E-state index contributed by atoms with van der Waals surface area (Å²) < 4.78 is 10.5. The quantitative estimate of drug-likeness (QED) is 0.644. The largest absolute Gasteiger partial charge is 0.468 e. The van der Waals surface area contributed by atoms with Gasteiger partial charge in [0.05, 0.1) is 25.5 Å². The maximum atomic E-state index is 5.29. The van der Waals surface area contributed by atoms with Gasteiger partial charge in [0.1, 0.15) is 5.76 Å². The first-order valence-electron chi connectivity index (χ1n) is 4.75. The van der Waals surface area contributed by atoms with Gasteiger partial charge in [-0.15, -0.1) is 0 Å². The molecule has 1 unspecified atom stereocenters. The number of epoxide rings is 1. The summed E-state index contributed by atoms with van der Waals surface area (Å²) in [7, 11) is 0. The molecule has 1 aromatic heterocycles. The van der Waals surface area contributed by atoms with Crippen LogP contribution in [0.1, 0.15) is 12.7 Å². The van der Waals surface area contributed by atoms with Crippen LogP contribution < -0.4 is 0 Å². The number of likely N-dealkylation sites (N-methyl/N-ethyl adjacent to an activating group) is 1. The fourth-order valence-corrected chi connectivity index (χ4v) is 1.39. The van der Waals surface area contributed by atoms with Crippen LogP contribution >= 0.6 is 0 Å². The number of hydrogen-bond acceptors (Lipinski definition) is 3. The SMILES string of the molecule is CCN(Cc1ccco1)CC1CO1. The van der Waals surface area contributed by atoms with E-state index in [1.54, 1.807) is 6.26 Å². The van der Waals surface area contributed by atoms with Gasteiger partial charge >= 0.3 is 0 Å². The van der Waals surface area contributed by atoms with Gasteiger partial charge in [0.15, 0.2) is 0 Å². The van der Waals surface area contributed by atoms with E-state index < -0.39 is 0 Å². The van der Waals surface area contributed by atoms with E-state index >= 15 is 0 Å². The normalized spacial score (nSPS) is 20.9. The first kappa shape index (κ1) is 8.78. The molecule has 2 heterocycles. The molecule has 0 spiro atoms. The summed E-state index contributed by atoms with van der Waals surface area (Å²) >= 11 is 0. The summed E-state index contributed by atoms with van der Waals surface area (Å²) in [5.74, 6) is 1.03. The minimum Gasteiger partial charge on any atom is -0.468 e. The second kappa shape index (κ2) is 3.94. The first-order chi connectivity index (χ1) is 6.38. The molecule has 2 rings (SSSR count). The Bertz CT molecular complexity index is 241. The van der Waals surface area contributed by atoms with Crippen LogP contribution in [0.3, 0.4) is 0 Å². The fraction of sp³-hybridized carbons (Fsp3) is 0.600. The maximum Gasteiger partial charge on any atom is 0.117 e. The molecule has 1 aliphatic heterocycles. The van der Waals surface area contributed by atoms with E-state index in [-0.39, 0.29) is 0 Å². The summed E-state index contributed by atoms with van der Waals surface area (Å²) in [5, 5.41) is 0. The van der Waals surface area contributed by atoms with E-state index in [1.807, 2.05) is 12.1 Å². The average molecular weight is 181 g/mol. The summed E-state index contributed by atoms with van der Waals surface area (Å²) in [6.07, 6.45) is 2.19. The molecule has 1 fully saturated rings. The Morgan fingerprint density at radius 2 is 2.46 bits per heavy atom. The maximum absolute atomic E-state index is 5.29. The predicted molar refractivity (Wildman–Crippen MR) is 49.4 cm³/mol. The van der Waals surface area contributed by atoms with Crippen molar-refractivity contribution in [2.45, 2.75) is 19.6 Å². The van der Waals surface area contributed by atoms with Gasteiger partial charge in [-0.1, -0.05) is 6.92 Å². The van der Waals surface area contributed by atoms with Crippen LogP contribution in [0, 0.1) is 0 Å². The summed E-state index contributed by atoms with van der Waals surface area (Å²) in [5.41, 5.74) is 0. The first-order valence-corrected chi connectivity index (χ1v) is 4.75. The Kier molecular flexibility index (Phi) is 2.66. The van der Waals surface area contributed by atoms with Gasteiger partial charge in [-0.3, -0.25) is 4.90 Å².